The molecule has 0 saturated carbocycles. The Balaban J connectivity index is 1.94. The van der Waals surface area contributed by atoms with Gasteiger partial charge in [-0.15, -0.1) is 0 Å². The van der Waals surface area contributed by atoms with Crippen LogP contribution in [0.4, 0.5) is 0 Å². The first kappa shape index (κ1) is 28.2. The molecular formula is C35H32IPS2. The number of hydrogen-bond donors (Lipinski definition) is 0. The number of thioether (sulfide) groups is 2. The van der Waals surface area contributed by atoms with Gasteiger partial charge in [0.05, 0.1) is 0 Å². The second-order valence-electron chi connectivity index (χ2n) is 9.22. The molecule has 5 aromatic rings. The summed E-state index contributed by atoms with van der Waals surface area (Å²) in [4.78, 5) is 0. The Bertz CT molecular complexity index is 1410. The van der Waals surface area contributed by atoms with Crippen LogP contribution in [-0.4, -0.2) is 5.75 Å². The van der Waals surface area contributed by atoms with Crippen LogP contribution in [0, 0.1) is 0 Å². The van der Waals surface area contributed by atoms with Crippen molar-refractivity contribution in [2.75, 3.05) is 5.75 Å². The van der Waals surface area contributed by atoms with Crippen molar-refractivity contribution in [3.63, 3.8) is 0 Å². The van der Waals surface area contributed by atoms with E-state index in [1.165, 1.54) is 36.6 Å². The van der Waals surface area contributed by atoms with Gasteiger partial charge in [-0.25, -0.2) is 0 Å². The zero-order valence-electron chi connectivity index (χ0n) is 22.0. The summed E-state index contributed by atoms with van der Waals surface area (Å²) in [6.45, 7) is 2.27. The third kappa shape index (κ3) is 5.52. The van der Waals surface area contributed by atoms with Crippen LogP contribution in [-0.2, 0) is 5.75 Å². The molecule has 5 rings (SSSR count). The molecule has 39 heavy (non-hydrogen) atoms. The molecule has 0 saturated heterocycles. The van der Waals surface area contributed by atoms with Crippen molar-refractivity contribution in [2.45, 2.75) is 12.7 Å². The predicted molar refractivity (Wildman–Crippen MR) is 188 cm³/mol. The summed E-state index contributed by atoms with van der Waals surface area (Å²) in [6, 6.07) is 55.7. The zero-order chi connectivity index (χ0) is 27.0. The van der Waals surface area contributed by atoms with Crippen molar-refractivity contribution in [1.82, 2.24) is 0 Å². The predicted octanol–water partition coefficient (Wildman–Crippen LogP) is 9.88. The van der Waals surface area contributed by atoms with Gasteiger partial charge in [0.1, 0.15) is 0 Å². The van der Waals surface area contributed by atoms with Gasteiger partial charge in [-0.05, 0) is 0 Å². The molecule has 0 spiro atoms. The topological polar surface area (TPSA) is 0 Å². The summed E-state index contributed by atoms with van der Waals surface area (Å²) in [5.74, 6) is 1.94. The minimum absolute atomic E-state index is 0.932. The summed E-state index contributed by atoms with van der Waals surface area (Å²) in [5.41, 5.74) is 2.63. The Kier molecular flexibility index (Phi) is 9.35. The first-order chi connectivity index (χ1) is 19.2. The van der Waals surface area contributed by atoms with Gasteiger partial charge in [0.25, 0.3) is 0 Å². The van der Waals surface area contributed by atoms with E-state index in [1.807, 2.05) is 23.5 Å². The minimum atomic E-state index is -3.26. The zero-order valence-corrected chi connectivity index (χ0v) is 26.7. The van der Waals surface area contributed by atoms with Crippen LogP contribution in [0.5, 0.6) is 0 Å². The molecule has 0 aromatic heterocycles. The molecule has 0 atom stereocenters. The fourth-order valence-electron chi connectivity index (χ4n) is 5.12. The molecule has 0 unspecified atom stereocenters. The van der Waals surface area contributed by atoms with Gasteiger partial charge in [-0.3, -0.25) is 0 Å². The summed E-state index contributed by atoms with van der Waals surface area (Å²) < 4.78 is -1.86. The van der Waals surface area contributed by atoms with Gasteiger partial charge < -0.3 is 0 Å². The van der Waals surface area contributed by atoms with E-state index in [0.29, 0.717) is 0 Å². The van der Waals surface area contributed by atoms with E-state index >= 15 is 0 Å². The standard InChI is InChI=1S/C35H32IPS2/c1-2-38-35(39-28-29-18-8-3-9-19-29)34(30-20-10-4-11-21-30)37(36,31-22-12-5-13-23-31,32-24-14-6-15-25-32)33-26-16-7-17-27-33/h3-27H,2,28H2,1H3/b35-34+. The first-order valence-corrected chi connectivity index (χ1v) is 20.2. The SMILES string of the molecule is CCS/C(SCc1ccccc1)=C(/c1ccccc1)P(I)(c1ccccc1)(c1ccccc1)c1ccccc1. The first-order valence-electron chi connectivity index (χ1n) is 13.2. The number of hydrogen-bond acceptors (Lipinski definition) is 2. The van der Waals surface area contributed by atoms with Crippen molar-refractivity contribution >= 4 is 71.0 Å². The van der Waals surface area contributed by atoms with Crippen LogP contribution in [0.2, 0.25) is 0 Å². The number of benzene rings is 5. The van der Waals surface area contributed by atoms with Crippen LogP contribution in [0.1, 0.15) is 18.1 Å². The van der Waals surface area contributed by atoms with Gasteiger partial charge in [-0.2, -0.15) is 0 Å². The van der Waals surface area contributed by atoms with Gasteiger partial charge in [0.2, 0.25) is 0 Å². The second-order valence-corrected chi connectivity index (χ2v) is 21.5. The van der Waals surface area contributed by atoms with Crippen molar-refractivity contribution in [3.8, 4) is 0 Å². The molecule has 0 fully saturated rings. The summed E-state index contributed by atoms with van der Waals surface area (Å²) in [7, 11) is 0. The molecular weight excluding hydrogens is 642 g/mol. The maximum absolute atomic E-state index is 3.26. The van der Waals surface area contributed by atoms with E-state index in [4.69, 9.17) is 0 Å². The molecule has 0 bridgehead atoms. The van der Waals surface area contributed by atoms with E-state index in [1.54, 1.807) is 0 Å². The van der Waals surface area contributed by atoms with Crippen LogP contribution in [0.3, 0.4) is 0 Å². The molecule has 0 amide bonds. The quantitative estimate of drug-likeness (QED) is 0.107. The Morgan fingerprint density at radius 1 is 0.538 bits per heavy atom. The molecule has 196 valence electrons. The number of halogens is 1. The van der Waals surface area contributed by atoms with E-state index in [-0.39, 0.29) is 0 Å². The average molecular weight is 675 g/mol. The molecule has 0 aliphatic carbocycles. The molecule has 0 N–H and O–H groups in total. The summed E-state index contributed by atoms with van der Waals surface area (Å²) in [5, 5.41) is 5.55. The van der Waals surface area contributed by atoms with Gasteiger partial charge in [0, 0.05) is 0 Å². The normalized spacial score (nSPS) is 13.2. The van der Waals surface area contributed by atoms with Crippen LogP contribution >= 0.6 is 49.8 Å². The second kappa shape index (κ2) is 12.9. The summed E-state index contributed by atoms with van der Waals surface area (Å²) >= 11 is 6.89. The van der Waals surface area contributed by atoms with Crippen LogP contribution < -0.4 is 15.9 Å². The average Bonchev–Trinajstić information content (AvgIpc) is 3.02. The fourth-order valence-corrected chi connectivity index (χ4v) is 19.0. The Morgan fingerprint density at radius 2 is 0.923 bits per heavy atom. The molecule has 5 aromatic carbocycles. The molecule has 0 aliphatic heterocycles. The maximum atomic E-state index is 2.93. The Labute approximate surface area is 254 Å². The van der Waals surface area contributed by atoms with Crippen molar-refractivity contribution in [1.29, 1.82) is 0 Å². The molecule has 0 aliphatic rings. The molecule has 4 heteroatoms. The van der Waals surface area contributed by atoms with E-state index in [2.05, 4.69) is 181 Å². The monoisotopic (exact) mass is 674 g/mol. The molecule has 0 radical (unpaired) electrons. The number of rotatable bonds is 10. The third-order valence-corrected chi connectivity index (χ3v) is 21.2. The van der Waals surface area contributed by atoms with E-state index < -0.39 is 4.25 Å². The third-order valence-electron chi connectivity index (χ3n) is 6.87. The van der Waals surface area contributed by atoms with E-state index in [0.717, 1.165) is 11.5 Å². The Morgan fingerprint density at radius 3 is 1.33 bits per heavy atom. The van der Waals surface area contributed by atoms with Crippen molar-refractivity contribution in [2.24, 2.45) is 0 Å². The Hall–Kier alpha value is -2.30. The van der Waals surface area contributed by atoms with Gasteiger partial charge >= 0.3 is 256 Å². The van der Waals surface area contributed by atoms with E-state index in [9.17, 15) is 0 Å². The van der Waals surface area contributed by atoms with Crippen molar-refractivity contribution in [3.05, 3.63) is 167 Å². The fraction of sp³-hybridized carbons (Fsp3) is 0.0857. The van der Waals surface area contributed by atoms with Gasteiger partial charge in [-0.1, -0.05) is 0 Å². The molecule has 0 nitrogen and oxygen atoms in total. The summed E-state index contributed by atoms with van der Waals surface area (Å²) in [6.07, 6.45) is 0. The van der Waals surface area contributed by atoms with Crippen LogP contribution in [0.25, 0.3) is 5.31 Å². The molecule has 0 heterocycles. The van der Waals surface area contributed by atoms with Crippen molar-refractivity contribution < 1.29 is 0 Å². The van der Waals surface area contributed by atoms with Crippen LogP contribution in [0.15, 0.2) is 156 Å². The van der Waals surface area contributed by atoms with Gasteiger partial charge in [0.15, 0.2) is 0 Å².